The summed E-state index contributed by atoms with van der Waals surface area (Å²) in [6, 6.07) is 0. The molecule has 0 aromatic heterocycles. The lowest BCUT2D eigenvalue weighted by molar-refractivity contribution is -0.181. The van der Waals surface area contributed by atoms with E-state index in [2.05, 4.69) is 59.7 Å². The number of allylic oxidation sites excluding steroid dienone is 2. The SMILES string of the molecule is COC(=O)[C@]12CCC(C)(C)C[C@H]1C1=CC[C@@H]3[C@@]4(C)CC/C(=N\OC(=O)CCCCCN5C(=O)CSC5=S)C(C)(C)[C@@H]4CC[C@@]3(C)[C@]1(C)CC2. The van der Waals surface area contributed by atoms with Crippen LogP contribution in [0.1, 0.15) is 138 Å². The smallest absolute Gasteiger partial charge is 0.335 e. The number of hydrogen-bond acceptors (Lipinski definition) is 8. The number of hydrogen-bond donors (Lipinski definition) is 0. The molecule has 49 heavy (non-hydrogen) atoms. The van der Waals surface area contributed by atoms with Crippen molar-refractivity contribution in [2.45, 2.75) is 138 Å². The number of carbonyl (C=O) groups is 3. The molecule has 272 valence electrons. The Labute approximate surface area is 304 Å². The van der Waals surface area contributed by atoms with Gasteiger partial charge in [0.25, 0.3) is 0 Å². The predicted octanol–water partition coefficient (Wildman–Crippen LogP) is 9.28. The molecule has 4 saturated carbocycles. The lowest BCUT2D eigenvalue weighted by atomic mass is 9.33. The van der Waals surface area contributed by atoms with E-state index in [9.17, 15) is 14.4 Å². The van der Waals surface area contributed by atoms with Gasteiger partial charge in [0.05, 0.1) is 24.0 Å². The normalized spacial score (nSPS) is 40.1. The second kappa shape index (κ2) is 13.0. The molecule has 0 radical (unpaired) electrons. The van der Waals surface area contributed by atoms with Gasteiger partial charge in [0, 0.05) is 18.4 Å². The van der Waals surface area contributed by atoms with Gasteiger partial charge in [-0.05, 0) is 116 Å². The van der Waals surface area contributed by atoms with Crippen LogP contribution in [0.5, 0.6) is 0 Å². The molecule has 1 aliphatic heterocycles. The zero-order valence-electron chi connectivity index (χ0n) is 31.4. The number of amides is 1. The molecule has 0 N–H and O–H groups in total. The largest absolute Gasteiger partial charge is 0.469 e. The molecule has 0 unspecified atom stereocenters. The van der Waals surface area contributed by atoms with Gasteiger partial charge in [-0.15, -0.1) is 0 Å². The molecule has 6 aliphatic rings. The van der Waals surface area contributed by atoms with Crippen molar-refractivity contribution in [3.63, 3.8) is 0 Å². The quantitative estimate of drug-likeness (QED) is 0.0620. The van der Waals surface area contributed by atoms with Crippen LogP contribution in [0.2, 0.25) is 0 Å². The number of methoxy groups -OCH3 is 1. The minimum absolute atomic E-state index is 0.0139. The summed E-state index contributed by atoms with van der Waals surface area (Å²) in [4.78, 5) is 45.5. The van der Waals surface area contributed by atoms with Crippen molar-refractivity contribution < 1.29 is 24.0 Å². The first-order valence-corrected chi connectivity index (χ1v) is 20.4. The van der Waals surface area contributed by atoms with Crippen molar-refractivity contribution in [2.75, 3.05) is 19.4 Å². The number of esters is 1. The highest BCUT2D eigenvalue weighted by Crippen LogP contribution is 2.75. The number of unbranched alkanes of at least 4 members (excludes halogenated alkanes) is 2. The maximum absolute atomic E-state index is 13.5. The lowest BCUT2D eigenvalue weighted by Crippen LogP contribution is -2.64. The van der Waals surface area contributed by atoms with Crippen LogP contribution < -0.4 is 0 Å². The molecule has 0 bridgehead atoms. The maximum atomic E-state index is 13.5. The predicted molar refractivity (Wildman–Crippen MR) is 200 cm³/mol. The zero-order valence-corrected chi connectivity index (χ0v) is 33.0. The minimum Gasteiger partial charge on any atom is -0.469 e. The van der Waals surface area contributed by atoms with Gasteiger partial charge in [-0.2, -0.15) is 0 Å². The molecule has 5 fully saturated rings. The Hall–Kier alpha value is -1.74. The first kappa shape index (κ1) is 37.0. The number of thioether (sulfide) groups is 1. The van der Waals surface area contributed by atoms with Gasteiger partial charge in [0.2, 0.25) is 5.91 Å². The highest BCUT2D eigenvalue weighted by Gasteiger charge is 2.69. The topological polar surface area (TPSA) is 85.3 Å². The summed E-state index contributed by atoms with van der Waals surface area (Å²) in [5, 5.41) is 4.57. The molecular formula is C40H60N2O5S2. The highest BCUT2D eigenvalue weighted by molar-refractivity contribution is 8.23. The van der Waals surface area contributed by atoms with E-state index >= 15 is 0 Å². The molecule has 1 saturated heterocycles. The average molecular weight is 713 g/mol. The second-order valence-electron chi connectivity index (χ2n) is 18.5. The molecule has 1 amide bonds. The van der Waals surface area contributed by atoms with Gasteiger partial charge in [0.1, 0.15) is 4.32 Å². The number of nitrogens with zero attached hydrogens (tertiary/aromatic N) is 2. The van der Waals surface area contributed by atoms with Crippen LogP contribution in [0, 0.1) is 50.2 Å². The summed E-state index contributed by atoms with van der Waals surface area (Å²) in [5.74, 6) is 1.52. The molecule has 5 aliphatic carbocycles. The summed E-state index contributed by atoms with van der Waals surface area (Å²) >= 11 is 6.68. The summed E-state index contributed by atoms with van der Waals surface area (Å²) in [5.41, 5.74) is 2.61. The van der Waals surface area contributed by atoms with Crippen LogP contribution in [0.4, 0.5) is 0 Å². The number of thiocarbonyl (C=S) groups is 1. The molecule has 9 heteroatoms. The van der Waals surface area contributed by atoms with Gasteiger partial charge in [-0.3, -0.25) is 14.5 Å². The molecule has 7 nitrogen and oxygen atoms in total. The molecule has 0 aromatic rings. The fraction of sp³-hybridized carbons (Fsp3) is 0.825. The molecule has 1 heterocycles. The van der Waals surface area contributed by atoms with Gasteiger partial charge >= 0.3 is 11.9 Å². The van der Waals surface area contributed by atoms with E-state index in [1.165, 1.54) is 11.8 Å². The fourth-order valence-electron chi connectivity index (χ4n) is 12.3. The van der Waals surface area contributed by atoms with Crippen LogP contribution in [-0.4, -0.2) is 52.2 Å². The van der Waals surface area contributed by atoms with Gasteiger partial charge in [-0.25, -0.2) is 4.79 Å². The second-order valence-corrected chi connectivity index (χ2v) is 20.1. The van der Waals surface area contributed by atoms with Crippen molar-refractivity contribution >= 4 is 51.9 Å². The number of oxime groups is 1. The molecule has 0 spiro atoms. The third-order valence-electron chi connectivity index (χ3n) is 15.4. The Morgan fingerprint density at radius 3 is 2.41 bits per heavy atom. The van der Waals surface area contributed by atoms with Crippen LogP contribution in [-0.2, 0) is 24.0 Å². The molecule has 7 atom stereocenters. The number of rotatable bonds is 8. The maximum Gasteiger partial charge on any atom is 0.335 e. The highest BCUT2D eigenvalue weighted by atomic mass is 32.2. The number of fused-ring (bicyclic) bond motifs is 7. The minimum atomic E-state index is -0.378. The van der Waals surface area contributed by atoms with Crippen LogP contribution in [0.15, 0.2) is 16.8 Å². The Morgan fingerprint density at radius 2 is 1.71 bits per heavy atom. The third-order valence-corrected chi connectivity index (χ3v) is 16.8. The fourth-order valence-corrected chi connectivity index (χ4v) is 13.4. The van der Waals surface area contributed by atoms with Crippen molar-refractivity contribution in [3.05, 3.63) is 11.6 Å². The average Bonchev–Trinajstić information content (AvgIpc) is 3.36. The summed E-state index contributed by atoms with van der Waals surface area (Å²) in [7, 11) is 1.58. The molecule has 0 aromatic carbocycles. The van der Waals surface area contributed by atoms with Gasteiger partial charge in [-0.1, -0.05) is 95.7 Å². The van der Waals surface area contributed by atoms with Crippen molar-refractivity contribution in [1.29, 1.82) is 0 Å². The van der Waals surface area contributed by atoms with E-state index in [1.807, 2.05) is 0 Å². The number of ether oxygens (including phenoxy) is 1. The summed E-state index contributed by atoms with van der Waals surface area (Å²) in [6.07, 6.45) is 15.6. The molecular weight excluding hydrogens is 653 g/mol. The van der Waals surface area contributed by atoms with Crippen molar-refractivity contribution in [1.82, 2.24) is 4.90 Å². The van der Waals surface area contributed by atoms with Crippen molar-refractivity contribution in [3.8, 4) is 0 Å². The Balaban J connectivity index is 1.14. The van der Waals surface area contributed by atoms with Crippen LogP contribution >= 0.6 is 24.0 Å². The van der Waals surface area contributed by atoms with Crippen molar-refractivity contribution in [2.24, 2.45) is 55.4 Å². The first-order chi connectivity index (χ1) is 22.9. The Bertz CT molecular complexity index is 1440. The monoisotopic (exact) mass is 712 g/mol. The van der Waals surface area contributed by atoms with E-state index < -0.39 is 0 Å². The Morgan fingerprint density at radius 1 is 0.980 bits per heavy atom. The van der Waals surface area contributed by atoms with E-state index in [4.69, 9.17) is 21.8 Å². The van der Waals surface area contributed by atoms with Gasteiger partial charge < -0.3 is 9.57 Å². The van der Waals surface area contributed by atoms with E-state index in [-0.39, 0.29) is 56.3 Å². The molecule has 6 rings (SSSR count). The lowest BCUT2D eigenvalue weighted by Gasteiger charge is -2.70. The standard InChI is InChI=1S/C40H60N2O5S2/c1-35(2)19-21-40(33(45)46-8)22-20-38(6)26(27(40)24-35)13-14-29-37(5)17-16-30(36(3,4)28(37)15-18-39(29,38)7)41-47-32(44)12-10-9-11-23-42-31(43)25-49-34(42)48/h13,27-29H,9-12,14-25H2,1-8H3/b41-30+/t27-,28-,29+,37-,38+,39+,40-/m0/s1. The van der Waals surface area contributed by atoms with Crippen LogP contribution in [0.25, 0.3) is 0 Å². The van der Waals surface area contributed by atoms with E-state index in [0.29, 0.717) is 41.3 Å². The third kappa shape index (κ3) is 5.96. The van der Waals surface area contributed by atoms with E-state index in [1.54, 1.807) is 17.6 Å². The first-order valence-electron chi connectivity index (χ1n) is 19.0. The van der Waals surface area contributed by atoms with E-state index in [0.717, 1.165) is 82.8 Å². The summed E-state index contributed by atoms with van der Waals surface area (Å²) in [6.45, 7) is 17.8. The summed E-state index contributed by atoms with van der Waals surface area (Å²) < 4.78 is 6.21. The van der Waals surface area contributed by atoms with Gasteiger partial charge in [0.15, 0.2) is 0 Å². The Kier molecular flexibility index (Phi) is 9.85. The van der Waals surface area contributed by atoms with Crippen LogP contribution in [0.3, 0.4) is 0 Å². The zero-order chi connectivity index (χ0) is 35.6. The number of carbonyl (C=O) groups excluding carboxylic acids is 3.